The highest BCUT2D eigenvalue weighted by Crippen LogP contribution is 2.44. The maximum Gasteiger partial charge on any atom is 0.335 e. The molecule has 6 nitrogen and oxygen atoms in total. The molecule has 3 aromatic rings. The fraction of sp³-hybridized carbons (Fsp3) is 0.200. The van der Waals surface area contributed by atoms with Crippen molar-refractivity contribution < 1.29 is 22.7 Å². The number of hydrogen-bond donors (Lipinski definition) is 1. The van der Waals surface area contributed by atoms with Gasteiger partial charge >= 0.3 is 5.97 Å². The van der Waals surface area contributed by atoms with E-state index in [0.717, 1.165) is 12.8 Å². The van der Waals surface area contributed by atoms with Crippen LogP contribution in [0.4, 0.5) is 4.39 Å². The number of rotatable bonds is 7. The van der Waals surface area contributed by atoms with Gasteiger partial charge < -0.3 is 9.67 Å². The molecule has 0 bridgehead atoms. The van der Waals surface area contributed by atoms with Gasteiger partial charge in [0.25, 0.3) is 0 Å². The van der Waals surface area contributed by atoms with E-state index in [1.54, 1.807) is 53.5 Å². The van der Waals surface area contributed by atoms with E-state index in [0.29, 0.717) is 34.5 Å². The number of aromatic carboxylic acids is 1. The van der Waals surface area contributed by atoms with Crippen molar-refractivity contribution in [3.8, 4) is 5.69 Å². The lowest BCUT2D eigenvalue weighted by atomic mass is 10.0. The minimum atomic E-state index is -3.92. The number of allylic oxidation sites excluding steroid dienone is 1. The van der Waals surface area contributed by atoms with Crippen LogP contribution >= 0.6 is 0 Å². The van der Waals surface area contributed by atoms with Crippen LogP contribution in [-0.2, 0) is 15.6 Å². The Morgan fingerprint density at radius 3 is 2.55 bits per heavy atom. The third kappa shape index (κ3) is 4.14. The lowest BCUT2D eigenvalue weighted by molar-refractivity contribution is 0.0696. The maximum atomic E-state index is 15.0. The monoisotopic (exact) mass is 464 g/mol. The van der Waals surface area contributed by atoms with Gasteiger partial charge in [-0.2, -0.15) is 0 Å². The van der Waals surface area contributed by atoms with Crippen LogP contribution < -0.4 is 0 Å². The smallest absolute Gasteiger partial charge is 0.335 e. The highest BCUT2D eigenvalue weighted by Gasteiger charge is 2.32. The normalized spacial score (nSPS) is 15.6. The summed E-state index contributed by atoms with van der Waals surface area (Å²) >= 11 is 0. The summed E-state index contributed by atoms with van der Waals surface area (Å²) in [5.41, 5.74) is 2.42. The molecule has 33 heavy (non-hydrogen) atoms. The third-order valence-electron chi connectivity index (χ3n) is 6.00. The molecule has 2 heterocycles. The second-order valence-electron chi connectivity index (χ2n) is 8.32. The predicted molar refractivity (Wildman–Crippen MR) is 123 cm³/mol. The number of benzene rings is 2. The maximum absolute atomic E-state index is 15.0. The number of sulfone groups is 1. The van der Waals surface area contributed by atoms with Gasteiger partial charge in [0.1, 0.15) is 5.82 Å². The van der Waals surface area contributed by atoms with E-state index in [1.165, 1.54) is 18.2 Å². The fourth-order valence-electron chi connectivity index (χ4n) is 4.18. The fourth-order valence-corrected chi connectivity index (χ4v) is 5.87. The van der Waals surface area contributed by atoms with Crippen LogP contribution in [0, 0.1) is 5.82 Å². The molecule has 0 unspecified atom stereocenters. The number of aliphatic imine (C=N–C) groups is 1. The Morgan fingerprint density at radius 2 is 1.91 bits per heavy atom. The predicted octanol–water partition coefficient (Wildman–Crippen LogP) is 4.63. The van der Waals surface area contributed by atoms with E-state index in [9.17, 15) is 18.3 Å². The minimum Gasteiger partial charge on any atom is -0.478 e. The Morgan fingerprint density at radius 1 is 1.15 bits per heavy atom. The minimum absolute atomic E-state index is 0.0395. The zero-order valence-electron chi connectivity index (χ0n) is 17.6. The first kappa shape index (κ1) is 21.3. The molecule has 2 aromatic carbocycles. The van der Waals surface area contributed by atoms with Crippen LogP contribution in [0.25, 0.3) is 11.3 Å². The molecule has 1 fully saturated rings. The molecule has 1 saturated carbocycles. The quantitative estimate of drug-likeness (QED) is 0.552. The summed E-state index contributed by atoms with van der Waals surface area (Å²) in [6.45, 7) is 0.332. The van der Waals surface area contributed by atoms with E-state index in [4.69, 9.17) is 0 Å². The zero-order chi connectivity index (χ0) is 23.2. The van der Waals surface area contributed by atoms with Gasteiger partial charge in [0.15, 0.2) is 9.84 Å². The summed E-state index contributed by atoms with van der Waals surface area (Å²) in [5.74, 6) is -1.90. The number of hydrogen-bond acceptors (Lipinski definition) is 4. The molecule has 0 radical (unpaired) electrons. The third-order valence-corrected chi connectivity index (χ3v) is 7.71. The summed E-state index contributed by atoms with van der Waals surface area (Å²) in [6.07, 6.45) is 8.51. The molecule has 0 saturated heterocycles. The van der Waals surface area contributed by atoms with Crippen LogP contribution in [0.3, 0.4) is 0 Å². The van der Waals surface area contributed by atoms with Crippen LogP contribution in [0.1, 0.15) is 45.8 Å². The lowest BCUT2D eigenvalue weighted by Gasteiger charge is -2.16. The zero-order valence-corrected chi connectivity index (χ0v) is 18.4. The van der Waals surface area contributed by atoms with Crippen LogP contribution in [0.2, 0.25) is 0 Å². The Hall–Kier alpha value is -3.52. The van der Waals surface area contributed by atoms with Gasteiger partial charge in [-0.1, -0.05) is 6.07 Å². The van der Waals surface area contributed by atoms with E-state index >= 15 is 4.39 Å². The van der Waals surface area contributed by atoms with Crippen molar-refractivity contribution in [1.82, 2.24) is 4.57 Å². The SMILES string of the molecule is O=C(O)c1ccc(C2CC2)c(S(=O)(=O)Cc2cc(C3=CC=NC3)c(F)cc2-n2cccc2)c1. The molecule has 1 aliphatic carbocycles. The molecule has 1 aromatic heterocycles. The topological polar surface area (TPSA) is 88.7 Å². The average Bonchev–Trinajstić information content (AvgIpc) is 3.24. The molecule has 0 atom stereocenters. The Kier molecular flexibility index (Phi) is 5.25. The van der Waals surface area contributed by atoms with Crippen molar-refractivity contribution in [2.24, 2.45) is 4.99 Å². The largest absolute Gasteiger partial charge is 0.478 e. The first-order valence-corrected chi connectivity index (χ1v) is 12.2. The van der Waals surface area contributed by atoms with Gasteiger partial charge in [0, 0.05) is 24.2 Å². The number of aromatic nitrogens is 1. The molecule has 8 heteroatoms. The molecule has 0 amide bonds. The Balaban J connectivity index is 1.63. The number of halogens is 1. The van der Waals surface area contributed by atoms with Crippen molar-refractivity contribution in [3.63, 3.8) is 0 Å². The van der Waals surface area contributed by atoms with Crippen LogP contribution in [0.15, 0.2) is 70.8 Å². The molecule has 0 spiro atoms. The van der Waals surface area contributed by atoms with Gasteiger partial charge in [-0.05, 0) is 77.9 Å². The van der Waals surface area contributed by atoms with Gasteiger partial charge in [0.2, 0.25) is 0 Å². The highest BCUT2D eigenvalue weighted by atomic mass is 32.2. The van der Waals surface area contributed by atoms with Crippen molar-refractivity contribution >= 4 is 27.6 Å². The van der Waals surface area contributed by atoms with Crippen molar-refractivity contribution in [3.05, 3.63) is 89.0 Å². The van der Waals surface area contributed by atoms with E-state index in [-0.39, 0.29) is 22.1 Å². The standard InChI is InChI=1S/C25H21FN2O4S/c26-22-13-23(28-9-1-2-10-28)19(11-21(22)18-7-8-27-14-18)15-33(31,32)24-12-17(25(29)30)5-6-20(24)16-3-4-16/h1-2,5-13,16H,3-4,14-15H2,(H,29,30). The molecule has 5 rings (SSSR count). The molecule has 2 aliphatic rings. The molecule has 168 valence electrons. The Labute approximate surface area is 190 Å². The Bertz CT molecular complexity index is 1420. The van der Waals surface area contributed by atoms with Gasteiger partial charge in [-0.15, -0.1) is 0 Å². The molecule has 1 N–H and O–H groups in total. The van der Waals surface area contributed by atoms with Crippen LogP contribution in [-0.4, -0.2) is 36.8 Å². The van der Waals surface area contributed by atoms with E-state index in [1.807, 2.05) is 0 Å². The number of carbonyl (C=O) groups is 1. The van der Waals surface area contributed by atoms with Crippen molar-refractivity contribution in [2.75, 3.05) is 6.54 Å². The summed E-state index contributed by atoms with van der Waals surface area (Å²) < 4.78 is 44.0. The molecular weight excluding hydrogens is 443 g/mol. The molecule has 1 aliphatic heterocycles. The summed E-state index contributed by atoms with van der Waals surface area (Å²) in [4.78, 5) is 15.7. The summed E-state index contributed by atoms with van der Waals surface area (Å²) in [7, 11) is -3.92. The van der Waals surface area contributed by atoms with Crippen molar-refractivity contribution in [2.45, 2.75) is 29.4 Å². The summed E-state index contributed by atoms with van der Waals surface area (Å²) in [5, 5.41) is 9.41. The van der Waals surface area contributed by atoms with Crippen LogP contribution in [0.5, 0.6) is 0 Å². The van der Waals surface area contributed by atoms with Gasteiger partial charge in [-0.25, -0.2) is 17.6 Å². The number of carboxylic acid groups (broad SMARTS) is 1. The lowest BCUT2D eigenvalue weighted by Crippen LogP contribution is -2.12. The average molecular weight is 465 g/mol. The van der Waals surface area contributed by atoms with E-state index in [2.05, 4.69) is 4.99 Å². The van der Waals surface area contributed by atoms with E-state index < -0.39 is 21.6 Å². The first-order valence-electron chi connectivity index (χ1n) is 10.6. The number of carboxylic acids is 1. The second-order valence-corrected chi connectivity index (χ2v) is 10.3. The highest BCUT2D eigenvalue weighted by molar-refractivity contribution is 7.90. The number of nitrogens with zero attached hydrogens (tertiary/aromatic N) is 2. The summed E-state index contributed by atoms with van der Waals surface area (Å²) in [6, 6.07) is 10.8. The first-order chi connectivity index (χ1) is 15.8. The second kappa shape index (κ2) is 8.12. The van der Waals surface area contributed by atoms with Gasteiger partial charge in [0.05, 0.1) is 28.4 Å². The molecular formula is C25H21FN2O4S. The van der Waals surface area contributed by atoms with Crippen molar-refractivity contribution in [1.29, 1.82) is 0 Å². The van der Waals surface area contributed by atoms with Gasteiger partial charge in [-0.3, -0.25) is 4.99 Å².